The van der Waals surface area contributed by atoms with Crippen LogP contribution in [0.15, 0.2) is 23.8 Å². The van der Waals surface area contributed by atoms with Gasteiger partial charge in [0.1, 0.15) is 4.64 Å². The Kier molecular flexibility index (Phi) is 4.44. The summed E-state index contributed by atoms with van der Waals surface area (Å²) in [5.41, 5.74) is 0. The topological polar surface area (TPSA) is 57.4 Å². The summed E-state index contributed by atoms with van der Waals surface area (Å²) >= 11 is 10.8. The van der Waals surface area contributed by atoms with E-state index < -0.39 is 0 Å². The first-order chi connectivity index (χ1) is 6.29. The fourth-order valence-corrected chi connectivity index (χ4v) is 1.20. The zero-order chi connectivity index (χ0) is 9.52. The van der Waals surface area contributed by atoms with Gasteiger partial charge in [-0.2, -0.15) is 0 Å². The fraction of sp³-hybridized carbons (Fsp3) is 0. The molecule has 2 aromatic heterocycles. The number of rotatable bonds is 0. The second kappa shape index (κ2) is 5.68. The van der Waals surface area contributed by atoms with Gasteiger partial charge in [-0.05, 0) is 29.8 Å². The Hall–Kier alpha value is -0.920. The summed E-state index contributed by atoms with van der Waals surface area (Å²) < 4.78 is 4.74. The third kappa shape index (κ3) is 4.61. The highest BCUT2D eigenvalue weighted by molar-refractivity contribution is 7.72. The van der Waals surface area contributed by atoms with Crippen molar-refractivity contribution >= 4 is 36.0 Å². The quantitative estimate of drug-likeness (QED) is 0.682. The van der Waals surface area contributed by atoms with E-state index in [-0.39, 0.29) is 0 Å². The Morgan fingerprint density at radius 1 is 1.38 bits per heavy atom. The van der Waals surface area contributed by atoms with Crippen molar-refractivity contribution in [1.82, 2.24) is 19.6 Å². The minimum absolute atomic E-state index is 0.567. The number of H-pyrrole nitrogens is 2. The summed E-state index contributed by atoms with van der Waals surface area (Å²) in [5, 5.41) is 5.31. The molecule has 7 heteroatoms. The molecule has 4 nitrogen and oxygen atoms in total. The van der Waals surface area contributed by atoms with Gasteiger partial charge in [-0.3, -0.25) is 0 Å². The summed E-state index contributed by atoms with van der Waals surface area (Å²) in [7, 11) is 0. The van der Waals surface area contributed by atoms with Gasteiger partial charge in [0, 0.05) is 11.6 Å². The van der Waals surface area contributed by atoms with Gasteiger partial charge in [0.05, 0.1) is 6.20 Å². The first kappa shape index (κ1) is 10.2. The van der Waals surface area contributed by atoms with E-state index in [0.717, 1.165) is 0 Å². The molecule has 0 aliphatic rings. The van der Waals surface area contributed by atoms with Crippen molar-refractivity contribution in [2.45, 2.75) is 0 Å². The molecule has 0 bridgehead atoms. The summed E-state index contributed by atoms with van der Waals surface area (Å²) in [4.78, 5) is 5.51. The predicted molar refractivity (Wildman–Crippen MR) is 56.7 cm³/mol. The van der Waals surface area contributed by atoms with Crippen LogP contribution in [0, 0.1) is 9.41 Å². The lowest BCUT2D eigenvalue weighted by molar-refractivity contribution is 1.12. The van der Waals surface area contributed by atoms with Crippen molar-refractivity contribution in [2.24, 2.45) is 0 Å². The summed E-state index contributed by atoms with van der Waals surface area (Å²) in [6, 6.07) is 1.74. The van der Waals surface area contributed by atoms with Crippen molar-refractivity contribution in [3.63, 3.8) is 0 Å². The van der Waals surface area contributed by atoms with Gasteiger partial charge in [0.2, 0.25) is 0 Å². The first-order valence-corrected chi connectivity index (χ1v) is 4.93. The van der Waals surface area contributed by atoms with E-state index in [1.807, 2.05) is 5.38 Å². The van der Waals surface area contributed by atoms with Crippen LogP contribution in [0.4, 0.5) is 0 Å². The number of nitrogens with zero attached hydrogens (tertiary/aromatic N) is 2. The van der Waals surface area contributed by atoms with Gasteiger partial charge >= 0.3 is 0 Å². The van der Waals surface area contributed by atoms with E-state index in [0.29, 0.717) is 9.41 Å². The molecule has 2 aromatic rings. The van der Waals surface area contributed by atoms with Crippen LogP contribution in [0.25, 0.3) is 0 Å². The molecule has 0 saturated carbocycles. The van der Waals surface area contributed by atoms with Crippen LogP contribution in [0.5, 0.6) is 0 Å². The van der Waals surface area contributed by atoms with E-state index in [1.54, 1.807) is 18.5 Å². The SMILES string of the molecule is S=c1cc[nH]c(=S)[nH]1.c1csnn1. The zero-order valence-electron chi connectivity index (χ0n) is 6.43. The predicted octanol–water partition coefficient (Wildman–Crippen LogP) is 2.34. The Balaban J connectivity index is 0.000000145. The molecule has 0 amide bonds. The molecule has 0 fully saturated rings. The molecular weight excluding hydrogens is 224 g/mol. The standard InChI is InChI=1S/C4H4N2S2.C2H2N2S/c7-3-1-2-5-4(8)6-3;1-2-5-4-3-1/h1-2H,(H2,5,6,7,8);1-2H. The van der Waals surface area contributed by atoms with Crippen LogP contribution in [0.1, 0.15) is 0 Å². The average molecular weight is 230 g/mol. The van der Waals surface area contributed by atoms with Crippen molar-refractivity contribution in [1.29, 1.82) is 0 Å². The molecule has 0 aliphatic carbocycles. The van der Waals surface area contributed by atoms with E-state index in [1.165, 1.54) is 11.5 Å². The van der Waals surface area contributed by atoms with Crippen LogP contribution < -0.4 is 0 Å². The molecule has 68 valence electrons. The van der Waals surface area contributed by atoms with Crippen molar-refractivity contribution in [2.75, 3.05) is 0 Å². The van der Waals surface area contributed by atoms with Gasteiger partial charge in [0.25, 0.3) is 0 Å². The van der Waals surface area contributed by atoms with Crippen molar-refractivity contribution < 1.29 is 0 Å². The Morgan fingerprint density at radius 2 is 2.23 bits per heavy atom. The summed E-state index contributed by atoms with van der Waals surface area (Å²) in [6.07, 6.45) is 3.37. The molecule has 2 heterocycles. The van der Waals surface area contributed by atoms with Gasteiger partial charge in [-0.15, -0.1) is 5.10 Å². The lowest BCUT2D eigenvalue weighted by Gasteiger charge is -1.80. The van der Waals surface area contributed by atoms with Gasteiger partial charge < -0.3 is 9.97 Å². The second-order valence-corrected chi connectivity index (χ2v) is 3.38. The number of nitrogens with one attached hydrogen (secondary N) is 2. The molecule has 0 radical (unpaired) electrons. The Bertz CT molecular complexity index is 387. The van der Waals surface area contributed by atoms with Crippen molar-refractivity contribution in [3.05, 3.63) is 33.3 Å². The van der Waals surface area contributed by atoms with Crippen LogP contribution >= 0.6 is 36.0 Å². The van der Waals surface area contributed by atoms with Crippen LogP contribution in [0.3, 0.4) is 0 Å². The molecule has 0 unspecified atom stereocenters. The maximum atomic E-state index is 4.76. The van der Waals surface area contributed by atoms with Gasteiger partial charge in [-0.1, -0.05) is 16.7 Å². The van der Waals surface area contributed by atoms with E-state index in [4.69, 9.17) is 24.4 Å². The molecule has 2 N–H and O–H groups in total. The Labute approximate surface area is 88.8 Å². The van der Waals surface area contributed by atoms with E-state index in [9.17, 15) is 0 Å². The summed E-state index contributed by atoms with van der Waals surface area (Å²) in [5.74, 6) is 0. The highest BCUT2D eigenvalue weighted by Crippen LogP contribution is 1.80. The lowest BCUT2D eigenvalue weighted by atomic mass is 10.7. The first-order valence-electron chi connectivity index (χ1n) is 3.28. The zero-order valence-corrected chi connectivity index (χ0v) is 8.88. The number of aromatic nitrogens is 4. The normalized spacial score (nSPS) is 8.62. The molecular formula is C6H6N4S3. The highest BCUT2D eigenvalue weighted by Gasteiger charge is 1.71. The van der Waals surface area contributed by atoms with Gasteiger partial charge in [0.15, 0.2) is 4.77 Å². The number of hydrogen-bond acceptors (Lipinski definition) is 5. The monoisotopic (exact) mass is 230 g/mol. The maximum absolute atomic E-state index is 4.76. The molecule has 0 spiro atoms. The molecule has 13 heavy (non-hydrogen) atoms. The number of aromatic amines is 2. The fourth-order valence-electron chi connectivity index (χ4n) is 0.519. The highest BCUT2D eigenvalue weighted by atomic mass is 32.1. The maximum Gasteiger partial charge on any atom is 0.175 e. The van der Waals surface area contributed by atoms with Crippen LogP contribution in [-0.4, -0.2) is 19.6 Å². The molecule has 0 atom stereocenters. The minimum atomic E-state index is 0.567. The van der Waals surface area contributed by atoms with Crippen LogP contribution in [0.2, 0.25) is 0 Å². The molecule has 0 aromatic carbocycles. The molecule has 0 saturated heterocycles. The van der Waals surface area contributed by atoms with E-state index >= 15 is 0 Å². The lowest BCUT2D eigenvalue weighted by Crippen LogP contribution is -1.76. The second-order valence-electron chi connectivity index (χ2n) is 1.88. The minimum Gasteiger partial charge on any atom is -0.339 e. The third-order valence-electron chi connectivity index (χ3n) is 0.969. The average Bonchev–Trinajstić information content (AvgIpc) is 2.59. The van der Waals surface area contributed by atoms with Crippen molar-refractivity contribution in [3.8, 4) is 0 Å². The van der Waals surface area contributed by atoms with Gasteiger partial charge in [-0.25, -0.2) is 0 Å². The largest absolute Gasteiger partial charge is 0.339 e. The van der Waals surface area contributed by atoms with Crippen LogP contribution in [-0.2, 0) is 0 Å². The smallest absolute Gasteiger partial charge is 0.175 e. The summed E-state index contributed by atoms with van der Waals surface area (Å²) in [6.45, 7) is 0. The molecule has 0 aliphatic heterocycles. The third-order valence-corrected chi connectivity index (χ3v) is 1.86. The molecule has 2 rings (SSSR count). The van der Waals surface area contributed by atoms with E-state index in [2.05, 4.69) is 19.6 Å². The Morgan fingerprint density at radius 3 is 2.54 bits per heavy atom. The number of hydrogen-bond donors (Lipinski definition) is 2.